The molecule has 0 saturated heterocycles. The number of hydrogen-bond acceptors (Lipinski definition) is 5. The minimum Gasteiger partial charge on any atom is -0.399 e. The summed E-state index contributed by atoms with van der Waals surface area (Å²) in [6.07, 6.45) is -4.42. The lowest BCUT2D eigenvalue weighted by Crippen LogP contribution is -2.27. The molecule has 0 spiro atoms. The number of nitrogens with zero attached hydrogens (tertiary/aromatic N) is 2. The van der Waals surface area contributed by atoms with Gasteiger partial charge in [0.15, 0.2) is 0 Å². The molecular formula is C20H20F3N3O2S. The summed E-state index contributed by atoms with van der Waals surface area (Å²) < 4.78 is 38.6. The van der Waals surface area contributed by atoms with Crippen molar-refractivity contribution in [2.24, 2.45) is 10.3 Å². The zero-order valence-corrected chi connectivity index (χ0v) is 16.9. The average Bonchev–Trinajstić information content (AvgIpc) is 2.71. The second-order valence-electron chi connectivity index (χ2n) is 5.89. The van der Waals surface area contributed by atoms with E-state index in [1.165, 1.54) is 13.2 Å². The Labute approximate surface area is 172 Å². The van der Waals surface area contributed by atoms with Crippen LogP contribution in [0.15, 0.2) is 58.8 Å². The van der Waals surface area contributed by atoms with E-state index >= 15 is 0 Å². The maximum atomic E-state index is 12.9. The van der Waals surface area contributed by atoms with Crippen LogP contribution in [0.4, 0.5) is 13.2 Å². The molecule has 0 bridgehead atoms. The fourth-order valence-corrected chi connectivity index (χ4v) is 2.62. The van der Waals surface area contributed by atoms with Gasteiger partial charge in [-0.15, -0.1) is 0 Å². The molecule has 2 aromatic rings. The first-order valence-corrected chi connectivity index (χ1v) is 8.94. The molecule has 0 fully saturated rings. The Kier molecular flexibility index (Phi) is 7.72. The molecule has 0 aliphatic carbocycles. The van der Waals surface area contributed by atoms with Gasteiger partial charge in [-0.3, -0.25) is 0 Å². The summed E-state index contributed by atoms with van der Waals surface area (Å²) in [7, 11) is 3.09. The first kappa shape index (κ1) is 22.4. The van der Waals surface area contributed by atoms with Crippen LogP contribution in [0.1, 0.15) is 29.2 Å². The van der Waals surface area contributed by atoms with E-state index in [-0.39, 0.29) is 6.61 Å². The van der Waals surface area contributed by atoms with E-state index in [4.69, 9.17) is 21.9 Å². The molecule has 154 valence electrons. The molecule has 0 aliphatic heterocycles. The average molecular weight is 423 g/mol. The SMILES string of the molecule is CNC(=S)/C(=N\OC)c1ccccc1CO/N=C(\C)c1cccc(C(F)(F)F)c1. The van der Waals surface area contributed by atoms with Crippen LogP contribution in [0.25, 0.3) is 0 Å². The Balaban J connectivity index is 2.21. The first-order chi connectivity index (χ1) is 13.8. The molecule has 0 radical (unpaired) electrons. The van der Waals surface area contributed by atoms with Crippen LogP contribution in [0, 0.1) is 0 Å². The first-order valence-electron chi connectivity index (χ1n) is 8.53. The molecule has 9 heteroatoms. The second-order valence-corrected chi connectivity index (χ2v) is 6.30. The lowest BCUT2D eigenvalue weighted by molar-refractivity contribution is -0.137. The van der Waals surface area contributed by atoms with Crippen molar-refractivity contribution in [3.8, 4) is 0 Å². The van der Waals surface area contributed by atoms with Crippen molar-refractivity contribution >= 4 is 28.6 Å². The van der Waals surface area contributed by atoms with Crippen LogP contribution in [0.2, 0.25) is 0 Å². The molecule has 0 unspecified atom stereocenters. The Morgan fingerprint density at radius 1 is 1.10 bits per heavy atom. The third-order valence-corrected chi connectivity index (χ3v) is 4.32. The van der Waals surface area contributed by atoms with Crippen LogP contribution >= 0.6 is 12.2 Å². The summed E-state index contributed by atoms with van der Waals surface area (Å²) in [4.78, 5) is 10.7. The summed E-state index contributed by atoms with van der Waals surface area (Å²) in [6, 6.07) is 12.2. The number of alkyl halides is 3. The Morgan fingerprint density at radius 2 is 1.83 bits per heavy atom. The molecule has 0 saturated carbocycles. The van der Waals surface area contributed by atoms with Crippen molar-refractivity contribution in [2.75, 3.05) is 14.2 Å². The lowest BCUT2D eigenvalue weighted by atomic mass is 10.0. The van der Waals surface area contributed by atoms with Gasteiger partial charge < -0.3 is 15.0 Å². The summed E-state index contributed by atoms with van der Waals surface area (Å²) in [5.74, 6) is 0. The van der Waals surface area contributed by atoms with Crippen molar-refractivity contribution < 1.29 is 22.8 Å². The fraction of sp³-hybridized carbons (Fsp3) is 0.250. The molecule has 0 atom stereocenters. The number of likely N-dealkylation sites (N-methyl/N-ethyl adjacent to an activating group) is 1. The van der Waals surface area contributed by atoms with Gasteiger partial charge in [0, 0.05) is 18.2 Å². The highest BCUT2D eigenvalue weighted by Crippen LogP contribution is 2.29. The van der Waals surface area contributed by atoms with Gasteiger partial charge in [-0.05, 0) is 24.6 Å². The van der Waals surface area contributed by atoms with Gasteiger partial charge in [0.1, 0.15) is 24.4 Å². The molecule has 0 aromatic heterocycles. The number of thiocarbonyl (C=S) groups is 1. The molecular weight excluding hydrogens is 403 g/mol. The van der Waals surface area contributed by atoms with E-state index in [0.29, 0.717) is 27.5 Å². The van der Waals surface area contributed by atoms with E-state index in [1.54, 1.807) is 20.0 Å². The summed E-state index contributed by atoms with van der Waals surface area (Å²) in [6.45, 7) is 1.65. The predicted molar refractivity (Wildman–Crippen MR) is 110 cm³/mol. The monoisotopic (exact) mass is 423 g/mol. The van der Waals surface area contributed by atoms with E-state index < -0.39 is 11.7 Å². The van der Waals surface area contributed by atoms with Gasteiger partial charge in [-0.25, -0.2) is 0 Å². The zero-order chi connectivity index (χ0) is 21.4. The van der Waals surface area contributed by atoms with Gasteiger partial charge in [0.2, 0.25) is 0 Å². The number of hydrogen-bond donors (Lipinski definition) is 1. The third kappa shape index (κ3) is 6.02. The van der Waals surface area contributed by atoms with Crippen LogP contribution in [0.5, 0.6) is 0 Å². The Bertz CT molecular complexity index is 927. The second kappa shape index (κ2) is 10.0. The van der Waals surface area contributed by atoms with Crippen molar-refractivity contribution in [3.63, 3.8) is 0 Å². The molecule has 0 heterocycles. The molecule has 1 N–H and O–H groups in total. The van der Waals surface area contributed by atoms with Crippen molar-refractivity contribution in [3.05, 3.63) is 70.8 Å². The minimum absolute atomic E-state index is 0.0710. The lowest BCUT2D eigenvalue weighted by Gasteiger charge is -2.12. The Hall–Kier alpha value is -2.94. The maximum absolute atomic E-state index is 12.9. The number of nitrogens with one attached hydrogen (secondary N) is 1. The van der Waals surface area contributed by atoms with Gasteiger partial charge in [-0.1, -0.05) is 58.9 Å². The highest BCUT2D eigenvalue weighted by atomic mass is 32.1. The number of benzene rings is 2. The van der Waals surface area contributed by atoms with E-state index in [0.717, 1.165) is 17.7 Å². The van der Waals surface area contributed by atoms with Crippen molar-refractivity contribution in [1.29, 1.82) is 0 Å². The van der Waals surface area contributed by atoms with E-state index in [2.05, 4.69) is 15.6 Å². The predicted octanol–water partition coefficient (Wildman–Crippen LogP) is 4.54. The molecule has 2 aromatic carbocycles. The molecule has 29 heavy (non-hydrogen) atoms. The molecule has 2 rings (SSSR count). The third-order valence-electron chi connectivity index (χ3n) is 3.93. The quantitative estimate of drug-likeness (QED) is 0.404. The highest BCUT2D eigenvalue weighted by Gasteiger charge is 2.30. The fourth-order valence-electron chi connectivity index (χ4n) is 2.47. The van der Waals surface area contributed by atoms with Gasteiger partial charge in [-0.2, -0.15) is 13.2 Å². The Morgan fingerprint density at radius 3 is 2.48 bits per heavy atom. The normalized spacial score (nSPS) is 12.5. The van der Waals surface area contributed by atoms with Crippen LogP contribution in [-0.4, -0.2) is 30.6 Å². The number of rotatable bonds is 7. The standard InChI is InChI=1S/C20H20F3N3O2S/c1-13(14-8-6-9-16(11-14)20(21,22)23)25-28-12-15-7-4-5-10-17(15)18(26-27-3)19(29)24-2/h4-11H,12H2,1-3H3,(H,24,29)/b25-13+,26-18-. The summed E-state index contributed by atoms with van der Waals surface area (Å²) in [5, 5.41) is 10.8. The topological polar surface area (TPSA) is 55.2 Å². The van der Waals surface area contributed by atoms with Gasteiger partial charge >= 0.3 is 6.18 Å². The maximum Gasteiger partial charge on any atom is 0.416 e. The van der Waals surface area contributed by atoms with Gasteiger partial charge in [0.25, 0.3) is 0 Å². The summed E-state index contributed by atoms with van der Waals surface area (Å²) in [5.41, 5.74) is 1.78. The number of halogens is 3. The molecule has 0 aliphatic rings. The van der Waals surface area contributed by atoms with Crippen molar-refractivity contribution in [2.45, 2.75) is 19.7 Å². The summed E-state index contributed by atoms with van der Waals surface area (Å²) >= 11 is 5.26. The molecule has 5 nitrogen and oxygen atoms in total. The highest BCUT2D eigenvalue weighted by molar-refractivity contribution is 7.82. The minimum atomic E-state index is -4.42. The van der Waals surface area contributed by atoms with Crippen molar-refractivity contribution in [1.82, 2.24) is 5.32 Å². The van der Waals surface area contributed by atoms with Crippen LogP contribution < -0.4 is 5.32 Å². The number of oxime groups is 2. The largest absolute Gasteiger partial charge is 0.416 e. The van der Waals surface area contributed by atoms with Crippen LogP contribution in [0.3, 0.4) is 0 Å². The smallest absolute Gasteiger partial charge is 0.399 e. The molecule has 0 amide bonds. The van der Waals surface area contributed by atoms with Gasteiger partial charge in [0.05, 0.1) is 11.3 Å². The van der Waals surface area contributed by atoms with E-state index in [9.17, 15) is 13.2 Å². The zero-order valence-electron chi connectivity index (χ0n) is 16.1. The van der Waals surface area contributed by atoms with E-state index in [1.807, 2.05) is 24.3 Å². The van der Waals surface area contributed by atoms with Crippen LogP contribution in [-0.2, 0) is 22.5 Å².